The molecule has 0 saturated heterocycles. The summed E-state index contributed by atoms with van der Waals surface area (Å²) in [4.78, 5) is 15.5. The van der Waals surface area contributed by atoms with Crippen molar-refractivity contribution in [3.05, 3.63) is 35.8 Å². The van der Waals surface area contributed by atoms with Gasteiger partial charge >= 0.3 is 5.97 Å². The summed E-state index contributed by atoms with van der Waals surface area (Å²) in [6.07, 6.45) is 2.37. The first-order valence-corrected chi connectivity index (χ1v) is 5.50. The summed E-state index contributed by atoms with van der Waals surface area (Å²) in [5.74, 6) is -1.08. The largest absolute Gasteiger partial charge is 0.480 e. The molecule has 1 aliphatic rings. The zero-order valence-electron chi connectivity index (χ0n) is 9.42. The first-order chi connectivity index (χ1) is 8.04. The van der Waals surface area contributed by atoms with Crippen LogP contribution in [-0.4, -0.2) is 26.0 Å². The number of nitrogens with zero attached hydrogens (tertiary/aromatic N) is 2. The van der Waals surface area contributed by atoms with Crippen LogP contribution in [0.2, 0.25) is 0 Å². The number of imidazole rings is 1. The monoisotopic (exact) mass is 231 g/mol. The van der Waals surface area contributed by atoms with Gasteiger partial charge in [0.1, 0.15) is 11.2 Å². The molecular formula is C12H13N3O2. The fraction of sp³-hybridized carbons (Fsp3) is 0.333. The molecule has 0 aliphatic heterocycles. The number of aryl methyl sites for hydroxylation is 1. The molecule has 2 heterocycles. The van der Waals surface area contributed by atoms with Gasteiger partial charge in [-0.1, -0.05) is 6.07 Å². The molecule has 2 unspecified atom stereocenters. The van der Waals surface area contributed by atoms with Crippen LogP contribution in [0.25, 0.3) is 5.65 Å². The Labute approximate surface area is 97.9 Å². The second-order valence-electron chi connectivity index (χ2n) is 4.61. The summed E-state index contributed by atoms with van der Waals surface area (Å²) in [7, 11) is 0. The number of rotatable bonds is 2. The molecule has 1 aliphatic carbocycles. The number of carboxylic acid groups (broad SMARTS) is 1. The molecule has 5 heteroatoms. The topological polar surface area (TPSA) is 80.6 Å². The van der Waals surface area contributed by atoms with Crippen molar-refractivity contribution >= 4 is 11.6 Å². The van der Waals surface area contributed by atoms with E-state index in [0.29, 0.717) is 6.42 Å². The molecule has 1 saturated carbocycles. The quantitative estimate of drug-likeness (QED) is 0.805. The van der Waals surface area contributed by atoms with Gasteiger partial charge in [-0.25, -0.2) is 4.98 Å². The van der Waals surface area contributed by atoms with Gasteiger partial charge in [-0.05, 0) is 25.5 Å². The summed E-state index contributed by atoms with van der Waals surface area (Å²) >= 11 is 0. The summed E-state index contributed by atoms with van der Waals surface area (Å²) in [5, 5.41) is 9.09. The number of pyridine rings is 1. The minimum atomic E-state index is -1.11. The highest BCUT2D eigenvalue weighted by Crippen LogP contribution is 2.50. The van der Waals surface area contributed by atoms with E-state index in [4.69, 9.17) is 10.8 Å². The standard InChI is InChI=1S/C12H13N3O2/c1-7-10(8-6-12(8,13)11(16)17)15-5-3-2-4-9(15)14-7/h2-5,8H,6,13H2,1H3,(H,16,17). The Morgan fingerprint density at radius 1 is 1.65 bits per heavy atom. The van der Waals surface area contributed by atoms with Gasteiger partial charge in [0.25, 0.3) is 0 Å². The number of carbonyl (C=O) groups is 1. The highest BCUT2D eigenvalue weighted by Gasteiger charge is 2.60. The van der Waals surface area contributed by atoms with Crippen molar-refractivity contribution in [2.24, 2.45) is 5.73 Å². The second kappa shape index (κ2) is 3.07. The molecule has 3 N–H and O–H groups in total. The van der Waals surface area contributed by atoms with Crippen molar-refractivity contribution < 1.29 is 9.90 Å². The first kappa shape index (κ1) is 10.3. The van der Waals surface area contributed by atoms with Crippen LogP contribution in [0.4, 0.5) is 0 Å². The van der Waals surface area contributed by atoms with Crippen molar-refractivity contribution in [3.63, 3.8) is 0 Å². The molecule has 88 valence electrons. The summed E-state index contributed by atoms with van der Waals surface area (Å²) in [6.45, 7) is 1.89. The van der Waals surface area contributed by atoms with E-state index in [0.717, 1.165) is 17.0 Å². The third kappa shape index (κ3) is 1.29. The van der Waals surface area contributed by atoms with Crippen LogP contribution < -0.4 is 5.73 Å². The number of hydrogen-bond donors (Lipinski definition) is 2. The molecule has 2 aromatic rings. The third-order valence-corrected chi connectivity index (χ3v) is 3.48. The van der Waals surface area contributed by atoms with E-state index in [1.807, 2.05) is 35.7 Å². The van der Waals surface area contributed by atoms with E-state index in [1.165, 1.54) is 0 Å². The van der Waals surface area contributed by atoms with E-state index in [2.05, 4.69) is 4.98 Å². The number of aliphatic carboxylic acids is 1. The molecule has 0 bridgehead atoms. The summed E-state index contributed by atoms with van der Waals surface area (Å²) in [6, 6.07) is 5.71. The minimum Gasteiger partial charge on any atom is -0.480 e. The number of aromatic nitrogens is 2. The van der Waals surface area contributed by atoms with E-state index in [1.54, 1.807) is 0 Å². The lowest BCUT2D eigenvalue weighted by Gasteiger charge is -2.06. The van der Waals surface area contributed by atoms with Crippen LogP contribution in [0, 0.1) is 6.92 Å². The lowest BCUT2D eigenvalue weighted by atomic mass is 10.1. The fourth-order valence-electron chi connectivity index (χ4n) is 2.41. The van der Waals surface area contributed by atoms with Crippen molar-refractivity contribution in [1.82, 2.24) is 9.38 Å². The maximum absolute atomic E-state index is 11.1. The average molecular weight is 231 g/mol. The summed E-state index contributed by atoms with van der Waals surface area (Å²) in [5.41, 5.74) is 7.34. The minimum absolute atomic E-state index is 0.141. The van der Waals surface area contributed by atoms with Gasteiger partial charge in [-0.2, -0.15) is 0 Å². The van der Waals surface area contributed by atoms with Crippen LogP contribution in [0.15, 0.2) is 24.4 Å². The van der Waals surface area contributed by atoms with Crippen LogP contribution in [-0.2, 0) is 4.79 Å². The predicted octanol–water partition coefficient (Wildman–Crippen LogP) is 0.912. The molecule has 0 amide bonds. The Morgan fingerprint density at radius 3 is 3.06 bits per heavy atom. The zero-order valence-corrected chi connectivity index (χ0v) is 9.42. The molecule has 1 fully saturated rings. The van der Waals surface area contributed by atoms with Crippen LogP contribution in [0.1, 0.15) is 23.7 Å². The Bertz CT molecular complexity index is 619. The van der Waals surface area contributed by atoms with Gasteiger partial charge in [0.05, 0.1) is 11.4 Å². The van der Waals surface area contributed by atoms with E-state index in [-0.39, 0.29) is 5.92 Å². The highest BCUT2D eigenvalue weighted by molar-refractivity contribution is 5.85. The fourth-order valence-corrected chi connectivity index (χ4v) is 2.41. The van der Waals surface area contributed by atoms with Crippen LogP contribution in [0.3, 0.4) is 0 Å². The second-order valence-corrected chi connectivity index (χ2v) is 4.61. The Hall–Kier alpha value is -1.88. The Morgan fingerprint density at radius 2 is 2.41 bits per heavy atom. The Kier molecular flexibility index (Phi) is 1.86. The van der Waals surface area contributed by atoms with Gasteiger partial charge in [0.2, 0.25) is 0 Å². The number of fused-ring (bicyclic) bond motifs is 1. The molecule has 0 aromatic carbocycles. The summed E-state index contributed by atoms with van der Waals surface area (Å²) < 4.78 is 1.93. The van der Waals surface area contributed by atoms with Crippen molar-refractivity contribution in [2.45, 2.75) is 24.8 Å². The normalized spacial score (nSPS) is 27.3. The first-order valence-electron chi connectivity index (χ1n) is 5.50. The van der Waals surface area contributed by atoms with Gasteiger partial charge in [0.15, 0.2) is 0 Å². The van der Waals surface area contributed by atoms with Gasteiger partial charge in [-0.3, -0.25) is 4.79 Å². The van der Waals surface area contributed by atoms with Gasteiger partial charge < -0.3 is 15.2 Å². The third-order valence-electron chi connectivity index (χ3n) is 3.48. The zero-order chi connectivity index (χ0) is 12.2. The van der Waals surface area contributed by atoms with E-state index < -0.39 is 11.5 Å². The Balaban J connectivity index is 2.14. The van der Waals surface area contributed by atoms with Crippen molar-refractivity contribution in [3.8, 4) is 0 Å². The lowest BCUT2D eigenvalue weighted by Crippen LogP contribution is -2.34. The van der Waals surface area contributed by atoms with E-state index in [9.17, 15) is 4.79 Å². The molecule has 5 nitrogen and oxygen atoms in total. The predicted molar refractivity (Wildman–Crippen MR) is 61.8 cm³/mol. The van der Waals surface area contributed by atoms with Crippen molar-refractivity contribution in [2.75, 3.05) is 0 Å². The number of nitrogens with two attached hydrogens (primary N) is 1. The molecular weight excluding hydrogens is 218 g/mol. The SMILES string of the molecule is Cc1nc2ccccn2c1C1CC1(N)C(=O)O. The molecule has 2 atom stereocenters. The van der Waals surface area contributed by atoms with Crippen LogP contribution >= 0.6 is 0 Å². The molecule has 3 rings (SSSR count). The molecule has 2 aromatic heterocycles. The van der Waals surface area contributed by atoms with Crippen LogP contribution in [0.5, 0.6) is 0 Å². The maximum atomic E-state index is 11.1. The average Bonchev–Trinajstić information content (AvgIpc) is 2.85. The lowest BCUT2D eigenvalue weighted by molar-refractivity contribution is -0.139. The number of carboxylic acids is 1. The van der Waals surface area contributed by atoms with Gasteiger partial charge in [-0.15, -0.1) is 0 Å². The molecule has 0 radical (unpaired) electrons. The maximum Gasteiger partial charge on any atom is 0.324 e. The number of hydrogen-bond acceptors (Lipinski definition) is 3. The highest BCUT2D eigenvalue weighted by atomic mass is 16.4. The van der Waals surface area contributed by atoms with Gasteiger partial charge in [0, 0.05) is 12.1 Å². The smallest absolute Gasteiger partial charge is 0.324 e. The molecule has 0 spiro atoms. The van der Waals surface area contributed by atoms with Crippen molar-refractivity contribution in [1.29, 1.82) is 0 Å². The van der Waals surface area contributed by atoms with E-state index >= 15 is 0 Å². The molecule has 17 heavy (non-hydrogen) atoms.